The van der Waals surface area contributed by atoms with E-state index in [1.165, 1.54) is 0 Å². The molecule has 4 nitrogen and oxygen atoms in total. The van der Waals surface area contributed by atoms with Crippen molar-refractivity contribution in [3.05, 3.63) is 0 Å². The summed E-state index contributed by atoms with van der Waals surface area (Å²) < 4.78 is 35.1. The van der Waals surface area contributed by atoms with E-state index in [4.69, 9.17) is 5.73 Å². The van der Waals surface area contributed by atoms with Gasteiger partial charge in [-0.25, -0.2) is 5.48 Å². The Balaban J connectivity index is 2.21. The fourth-order valence-corrected chi connectivity index (χ4v) is 1.70. The van der Waals surface area contributed by atoms with Crippen LogP contribution >= 0.6 is 0 Å². The Morgan fingerprint density at radius 2 is 2.06 bits per heavy atom. The third-order valence-corrected chi connectivity index (χ3v) is 2.80. The molecule has 1 fully saturated rings. The zero-order valence-electron chi connectivity index (χ0n) is 8.77. The second-order valence-corrected chi connectivity index (χ2v) is 4.16. The minimum atomic E-state index is -4.44. The van der Waals surface area contributed by atoms with Crippen LogP contribution in [-0.2, 0) is 9.63 Å². The molecule has 94 valence electrons. The zero-order chi connectivity index (χ0) is 12.2. The van der Waals surface area contributed by atoms with Crippen LogP contribution in [0.2, 0.25) is 0 Å². The quantitative estimate of drug-likeness (QED) is 0.708. The molecular formula is C9H15F3N2O2. The largest absolute Gasteiger partial charge is 0.414 e. The molecule has 0 bridgehead atoms. The van der Waals surface area contributed by atoms with E-state index in [9.17, 15) is 18.0 Å². The smallest absolute Gasteiger partial charge is 0.330 e. The van der Waals surface area contributed by atoms with Gasteiger partial charge in [-0.15, -0.1) is 0 Å². The lowest BCUT2D eigenvalue weighted by Crippen LogP contribution is -2.42. The van der Waals surface area contributed by atoms with E-state index in [0.29, 0.717) is 6.54 Å². The lowest BCUT2D eigenvalue weighted by atomic mass is 9.66. The molecule has 0 heterocycles. The standard InChI is InChI=1S/C9H15F3N2O2/c10-9(11,12)6-16-14-7(15)4-8(5-13)2-1-3-8/h1-6,13H2,(H,14,15). The lowest BCUT2D eigenvalue weighted by Gasteiger charge is -2.40. The topological polar surface area (TPSA) is 64.4 Å². The summed E-state index contributed by atoms with van der Waals surface area (Å²) in [5, 5.41) is 0. The van der Waals surface area contributed by atoms with Crippen molar-refractivity contribution in [2.75, 3.05) is 13.2 Å². The van der Waals surface area contributed by atoms with Gasteiger partial charge in [0.25, 0.3) is 0 Å². The predicted molar refractivity (Wildman–Crippen MR) is 50.1 cm³/mol. The van der Waals surface area contributed by atoms with Crippen molar-refractivity contribution in [2.24, 2.45) is 11.1 Å². The summed E-state index contributed by atoms with van der Waals surface area (Å²) in [6.07, 6.45) is -1.61. The summed E-state index contributed by atoms with van der Waals surface area (Å²) in [4.78, 5) is 15.3. The van der Waals surface area contributed by atoms with Gasteiger partial charge in [0.1, 0.15) is 0 Å². The number of hydrogen-bond acceptors (Lipinski definition) is 3. The Hall–Kier alpha value is -0.820. The first-order chi connectivity index (χ1) is 7.37. The first-order valence-electron chi connectivity index (χ1n) is 5.04. The minimum Gasteiger partial charge on any atom is -0.330 e. The van der Waals surface area contributed by atoms with Crippen molar-refractivity contribution in [3.8, 4) is 0 Å². The van der Waals surface area contributed by atoms with Gasteiger partial charge in [-0.3, -0.25) is 9.63 Å². The molecule has 0 radical (unpaired) electrons. The van der Waals surface area contributed by atoms with Gasteiger partial charge in [-0.2, -0.15) is 13.2 Å². The van der Waals surface area contributed by atoms with Crippen molar-refractivity contribution in [1.82, 2.24) is 5.48 Å². The number of hydrogen-bond donors (Lipinski definition) is 2. The van der Waals surface area contributed by atoms with E-state index in [1.54, 1.807) is 5.48 Å². The molecule has 0 unspecified atom stereocenters. The summed E-state index contributed by atoms with van der Waals surface area (Å²) in [5.74, 6) is -0.547. The first kappa shape index (κ1) is 13.2. The molecule has 0 spiro atoms. The summed E-state index contributed by atoms with van der Waals surface area (Å²) in [7, 11) is 0. The van der Waals surface area contributed by atoms with Crippen LogP contribution in [0, 0.1) is 5.41 Å². The van der Waals surface area contributed by atoms with Gasteiger partial charge in [-0.05, 0) is 24.8 Å². The summed E-state index contributed by atoms with van der Waals surface area (Å²) in [6.45, 7) is -1.10. The van der Waals surface area contributed by atoms with Gasteiger partial charge >= 0.3 is 6.18 Å². The first-order valence-corrected chi connectivity index (χ1v) is 5.04. The fraction of sp³-hybridized carbons (Fsp3) is 0.889. The molecule has 0 aromatic rings. The number of carbonyl (C=O) groups is 1. The second kappa shape index (κ2) is 5.01. The van der Waals surface area contributed by atoms with E-state index in [-0.39, 0.29) is 11.8 Å². The molecule has 3 N–H and O–H groups in total. The zero-order valence-corrected chi connectivity index (χ0v) is 8.77. The minimum absolute atomic E-state index is 0.126. The Morgan fingerprint density at radius 3 is 2.44 bits per heavy atom. The molecule has 7 heteroatoms. The fourth-order valence-electron chi connectivity index (χ4n) is 1.70. The van der Waals surface area contributed by atoms with Crippen LogP contribution < -0.4 is 11.2 Å². The van der Waals surface area contributed by atoms with Crippen LogP contribution in [0.25, 0.3) is 0 Å². The number of rotatable bonds is 5. The number of carbonyl (C=O) groups excluding carboxylic acids is 1. The highest BCUT2D eigenvalue weighted by atomic mass is 19.4. The Kier molecular flexibility index (Phi) is 4.15. The Morgan fingerprint density at radius 1 is 1.44 bits per heavy atom. The molecule has 1 aliphatic carbocycles. The number of alkyl halides is 3. The van der Waals surface area contributed by atoms with E-state index < -0.39 is 18.7 Å². The second-order valence-electron chi connectivity index (χ2n) is 4.16. The van der Waals surface area contributed by atoms with E-state index in [2.05, 4.69) is 4.84 Å². The predicted octanol–water partition coefficient (Wildman–Crippen LogP) is 1.12. The summed E-state index contributed by atoms with van der Waals surface area (Å²) in [6, 6.07) is 0. The molecule has 1 rings (SSSR count). The molecule has 16 heavy (non-hydrogen) atoms. The highest BCUT2D eigenvalue weighted by Gasteiger charge is 2.37. The molecule has 1 saturated carbocycles. The summed E-state index contributed by atoms with van der Waals surface area (Å²) >= 11 is 0. The third-order valence-electron chi connectivity index (χ3n) is 2.80. The molecule has 1 amide bonds. The third kappa shape index (κ3) is 3.97. The van der Waals surface area contributed by atoms with Crippen molar-refractivity contribution >= 4 is 5.91 Å². The van der Waals surface area contributed by atoms with Gasteiger partial charge in [0.05, 0.1) is 0 Å². The van der Waals surface area contributed by atoms with E-state index >= 15 is 0 Å². The molecule has 0 aromatic heterocycles. The molecule has 0 atom stereocenters. The van der Waals surface area contributed by atoms with Crippen LogP contribution in [0.4, 0.5) is 13.2 Å². The van der Waals surface area contributed by atoms with Crippen molar-refractivity contribution in [2.45, 2.75) is 31.9 Å². The SMILES string of the molecule is NCC1(CC(=O)NOCC(F)(F)F)CCC1. The van der Waals surface area contributed by atoms with Crippen LogP contribution in [0.15, 0.2) is 0 Å². The maximum absolute atomic E-state index is 11.7. The normalized spacial score (nSPS) is 19.0. The van der Waals surface area contributed by atoms with Gasteiger partial charge in [0, 0.05) is 6.42 Å². The maximum atomic E-state index is 11.7. The Bertz CT molecular complexity index is 246. The van der Waals surface area contributed by atoms with Crippen LogP contribution in [-0.4, -0.2) is 25.2 Å². The monoisotopic (exact) mass is 240 g/mol. The van der Waals surface area contributed by atoms with Gasteiger partial charge in [0.15, 0.2) is 6.61 Å². The number of amides is 1. The maximum Gasteiger partial charge on any atom is 0.414 e. The summed E-state index contributed by atoms with van der Waals surface area (Å²) in [5.41, 5.74) is 7.07. The van der Waals surface area contributed by atoms with E-state index in [1.807, 2.05) is 0 Å². The van der Waals surface area contributed by atoms with Crippen molar-refractivity contribution in [1.29, 1.82) is 0 Å². The number of nitrogens with one attached hydrogen (secondary N) is 1. The molecule has 0 aromatic carbocycles. The Labute approximate surface area is 91.3 Å². The van der Waals surface area contributed by atoms with Crippen molar-refractivity contribution < 1.29 is 22.8 Å². The molecule has 0 saturated heterocycles. The van der Waals surface area contributed by atoms with E-state index in [0.717, 1.165) is 19.3 Å². The van der Waals surface area contributed by atoms with Crippen LogP contribution in [0.5, 0.6) is 0 Å². The average Bonchev–Trinajstić information content (AvgIpc) is 2.09. The molecular weight excluding hydrogens is 225 g/mol. The number of nitrogens with two attached hydrogens (primary N) is 1. The van der Waals surface area contributed by atoms with Gasteiger partial charge in [0.2, 0.25) is 5.91 Å². The number of hydroxylamine groups is 1. The van der Waals surface area contributed by atoms with Gasteiger partial charge in [-0.1, -0.05) is 6.42 Å². The highest BCUT2D eigenvalue weighted by Crippen LogP contribution is 2.42. The molecule has 1 aliphatic rings. The lowest BCUT2D eigenvalue weighted by molar-refractivity contribution is -0.192. The highest BCUT2D eigenvalue weighted by molar-refractivity contribution is 5.75. The van der Waals surface area contributed by atoms with Crippen molar-refractivity contribution in [3.63, 3.8) is 0 Å². The molecule has 0 aliphatic heterocycles. The van der Waals surface area contributed by atoms with Crippen LogP contribution in [0.3, 0.4) is 0 Å². The number of halogens is 3. The average molecular weight is 240 g/mol. The van der Waals surface area contributed by atoms with Gasteiger partial charge < -0.3 is 5.73 Å². The van der Waals surface area contributed by atoms with Crippen LogP contribution in [0.1, 0.15) is 25.7 Å².